The molecule has 0 spiro atoms. The molecule has 0 amide bonds. The van der Waals surface area contributed by atoms with Gasteiger partial charge >= 0.3 is 15.1 Å². The zero-order valence-electron chi connectivity index (χ0n) is 24.0. The van der Waals surface area contributed by atoms with Crippen LogP contribution >= 0.6 is 11.3 Å². The predicted octanol–water partition coefficient (Wildman–Crippen LogP) is 6.52. The second kappa shape index (κ2) is 13.5. The molecule has 11 nitrogen and oxygen atoms in total. The first kappa shape index (κ1) is 31.2. The van der Waals surface area contributed by atoms with Crippen molar-refractivity contribution in [2.75, 3.05) is 28.4 Å². The number of benzene rings is 3. The van der Waals surface area contributed by atoms with E-state index in [9.17, 15) is 18.5 Å². The zero-order chi connectivity index (χ0) is 31.1. The molecule has 4 aromatic rings. The number of hydrogen-bond donors (Lipinski definition) is 0. The van der Waals surface area contributed by atoms with Gasteiger partial charge in [-0.2, -0.15) is 8.42 Å². The molecule has 1 aromatic heterocycles. The Morgan fingerprint density at radius 2 is 1.44 bits per heavy atom. The quantitative estimate of drug-likeness (QED) is 0.0699. The average molecular weight is 628 g/mol. The molecule has 1 heterocycles. The summed E-state index contributed by atoms with van der Waals surface area (Å²) in [4.78, 5) is 11.1. The molecule has 0 saturated heterocycles. The minimum atomic E-state index is -4.32. The lowest BCUT2D eigenvalue weighted by molar-refractivity contribution is -0.380. The first-order valence-electron chi connectivity index (χ1n) is 12.7. The van der Waals surface area contributed by atoms with Crippen molar-refractivity contribution < 1.29 is 41.2 Å². The van der Waals surface area contributed by atoms with Crippen LogP contribution < -0.4 is 27.9 Å². The highest BCUT2D eigenvalue weighted by molar-refractivity contribution is 7.87. The van der Waals surface area contributed by atoms with Crippen LogP contribution in [0.5, 0.6) is 34.5 Å². The fraction of sp³-hybridized carbons (Fsp3) is 0.200. The molecule has 13 heteroatoms. The van der Waals surface area contributed by atoms with Crippen LogP contribution in [0, 0.1) is 17.0 Å². The summed E-state index contributed by atoms with van der Waals surface area (Å²) in [5.74, 6) is 1.36. The van der Waals surface area contributed by atoms with Gasteiger partial charge in [-0.15, -0.1) is 0 Å². The third-order valence-corrected chi connectivity index (χ3v) is 8.40. The molecule has 43 heavy (non-hydrogen) atoms. The van der Waals surface area contributed by atoms with Crippen molar-refractivity contribution in [2.45, 2.75) is 18.4 Å². The lowest BCUT2D eigenvalue weighted by Crippen LogP contribution is -2.12. The Morgan fingerprint density at radius 3 is 2.00 bits per heavy atom. The Bertz CT molecular complexity index is 1720. The van der Waals surface area contributed by atoms with Crippen LogP contribution in [-0.2, 0) is 16.7 Å². The smallest absolute Gasteiger partial charge is 0.339 e. The van der Waals surface area contributed by atoms with Gasteiger partial charge in [0.05, 0.1) is 33.4 Å². The van der Waals surface area contributed by atoms with E-state index in [2.05, 4.69) is 0 Å². The van der Waals surface area contributed by atoms with E-state index in [1.807, 2.05) is 6.92 Å². The molecule has 0 aliphatic carbocycles. The van der Waals surface area contributed by atoms with Gasteiger partial charge < -0.3 is 27.9 Å². The maximum atomic E-state index is 13.4. The number of thiophene rings is 1. The summed E-state index contributed by atoms with van der Waals surface area (Å²) in [7, 11) is 1.59. The lowest BCUT2D eigenvalue weighted by Gasteiger charge is -2.17. The summed E-state index contributed by atoms with van der Waals surface area (Å²) in [6, 6.07) is 15.8. The SMILES string of the molecule is COc1cc(/C=C\c2ccc(OC)c(OCc3ccc([N+](=O)[O-])s3)c2OS(=O)(=O)c2ccc(C)cc2)cc(OC)c1OC. The van der Waals surface area contributed by atoms with Crippen LogP contribution in [0.3, 0.4) is 0 Å². The van der Waals surface area contributed by atoms with Crippen molar-refractivity contribution >= 4 is 38.6 Å². The van der Waals surface area contributed by atoms with Gasteiger partial charge in [0.25, 0.3) is 0 Å². The standard InChI is InChI=1S/C30H29NO10S2/c1-19-6-12-23(13-7-19)43(34,35)41-28-21(9-8-20-16-25(37-3)29(39-5)26(17-20)38-4)10-14-24(36-2)30(28)40-18-22-11-15-27(42-22)31(32)33/h6-17H,18H2,1-5H3/b9-8-. The van der Waals surface area contributed by atoms with Crippen molar-refractivity contribution in [3.05, 3.63) is 92.3 Å². The maximum absolute atomic E-state index is 13.4. The molecule has 0 N–H and O–H groups in total. The van der Waals surface area contributed by atoms with Crippen LogP contribution in [-0.4, -0.2) is 41.8 Å². The number of hydrogen-bond acceptors (Lipinski definition) is 11. The third-order valence-electron chi connectivity index (χ3n) is 6.16. The summed E-state index contributed by atoms with van der Waals surface area (Å²) >= 11 is 0.941. The van der Waals surface area contributed by atoms with Crippen molar-refractivity contribution in [1.29, 1.82) is 0 Å². The number of aryl methyl sites for hydroxylation is 1. The van der Waals surface area contributed by atoms with Crippen molar-refractivity contribution in [2.24, 2.45) is 0 Å². The molecule has 0 bridgehead atoms. The number of nitrogens with zero attached hydrogens (tertiary/aromatic N) is 1. The van der Waals surface area contributed by atoms with E-state index in [1.54, 1.807) is 54.6 Å². The fourth-order valence-corrected chi connectivity index (χ4v) is 5.70. The average Bonchev–Trinajstić information content (AvgIpc) is 3.48. The molecular formula is C30H29NO10S2. The first-order valence-corrected chi connectivity index (χ1v) is 14.9. The van der Waals surface area contributed by atoms with Gasteiger partial charge in [0.15, 0.2) is 23.0 Å². The van der Waals surface area contributed by atoms with Crippen LogP contribution in [0.1, 0.15) is 21.6 Å². The van der Waals surface area contributed by atoms with Gasteiger partial charge in [0, 0.05) is 16.5 Å². The van der Waals surface area contributed by atoms with Gasteiger partial charge in [-0.05, 0) is 55.0 Å². The first-order chi connectivity index (χ1) is 20.6. The van der Waals surface area contributed by atoms with E-state index in [0.717, 1.165) is 16.9 Å². The fourth-order valence-electron chi connectivity index (χ4n) is 4.01. The van der Waals surface area contributed by atoms with E-state index in [0.29, 0.717) is 33.3 Å². The number of methoxy groups -OCH3 is 4. The molecular weight excluding hydrogens is 598 g/mol. The summed E-state index contributed by atoms with van der Waals surface area (Å²) in [6.07, 6.45) is 3.35. The monoisotopic (exact) mass is 627 g/mol. The Kier molecular flexibility index (Phi) is 9.78. The Labute approximate surface area is 253 Å². The molecule has 0 aliphatic heterocycles. The normalized spacial score (nSPS) is 11.3. The van der Waals surface area contributed by atoms with Crippen molar-refractivity contribution in [3.63, 3.8) is 0 Å². The highest BCUT2D eigenvalue weighted by Crippen LogP contribution is 2.44. The Hall–Kier alpha value is -4.75. The lowest BCUT2D eigenvalue weighted by atomic mass is 10.1. The van der Waals surface area contributed by atoms with E-state index < -0.39 is 15.0 Å². The summed E-state index contributed by atoms with van der Waals surface area (Å²) < 4.78 is 60.3. The number of rotatable bonds is 13. The molecule has 226 valence electrons. The molecule has 4 rings (SSSR count). The minimum absolute atomic E-state index is 0.00119. The van der Waals surface area contributed by atoms with Crippen molar-refractivity contribution in [3.8, 4) is 34.5 Å². The molecule has 0 fully saturated rings. The van der Waals surface area contributed by atoms with Crippen LogP contribution in [0.4, 0.5) is 5.00 Å². The highest BCUT2D eigenvalue weighted by atomic mass is 32.2. The zero-order valence-corrected chi connectivity index (χ0v) is 25.6. The highest BCUT2D eigenvalue weighted by Gasteiger charge is 2.25. The van der Waals surface area contributed by atoms with Gasteiger partial charge in [-0.25, -0.2) is 0 Å². The van der Waals surface area contributed by atoms with E-state index in [4.69, 9.17) is 27.9 Å². The molecule has 0 aliphatic rings. The third kappa shape index (κ3) is 7.19. The van der Waals surface area contributed by atoms with Gasteiger partial charge in [0.1, 0.15) is 11.5 Å². The van der Waals surface area contributed by atoms with E-state index in [1.165, 1.54) is 46.6 Å². The van der Waals surface area contributed by atoms with Crippen LogP contribution in [0.25, 0.3) is 12.2 Å². The molecule has 0 atom stereocenters. The number of nitro groups is 1. The van der Waals surface area contributed by atoms with Crippen LogP contribution in [0.2, 0.25) is 0 Å². The minimum Gasteiger partial charge on any atom is -0.493 e. The van der Waals surface area contributed by atoms with Crippen molar-refractivity contribution in [1.82, 2.24) is 0 Å². The Balaban J connectivity index is 1.81. The van der Waals surface area contributed by atoms with Gasteiger partial charge in [-0.3, -0.25) is 10.1 Å². The topological polar surface area (TPSA) is 133 Å². The second-order valence-electron chi connectivity index (χ2n) is 8.94. The second-order valence-corrected chi connectivity index (χ2v) is 11.6. The van der Waals surface area contributed by atoms with Gasteiger partial charge in [-0.1, -0.05) is 41.2 Å². The molecule has 0 radical (unpaired) electrons. The number of ether oxygens (including phenoxy) is 5. The summed E-state index contributed by atoms with van der Waals surface area (Å²) in [6.45, 7) is 1.74. The van der Waals surface area contributed by atoms with Gasteiger partial charge in [0.2, 0.25) is 11.5 Å². The maximum Gasteiger partial charge on any atom is 0.339 e. The Morgan fingerprint density at radius 1 is 0.791 bits per heavy atom. The molecule has 0 saturated carbocycles. The van der Waals surface area contributed by atoms with Crippen LogP contribution in [0.15, 0.2) is 65.6 Å². The largest absolute Gasteiger partial charge is 0.493 e. The van der Waals surface area contributed by atoms with E-state index >= 15 is 0 Å². The predicted molar refractivity (Wildman–Crippen MR) is 162 cm³/mol. The molecule has 3 aromatic carbocycles. The van der Waals surface area contributed by atoms with E-state index in [-0.39, 0.29) is 33.8 Å². The summed E-state index contributed by atoms with van der Waals surface area (Å²) in [5, 5.41) is 11.1. The molecule has 0 unspecified atom stereocenters. The summed E-state index contributed by atoms with van der Waals surface area (Å²) in [5.41, 5.74) is 1.88.